The number of carboxylic acids is 1. The fraction of sp³-hybridized carbons (Fsp3) is 0.933. The lowest BCUT2D eigenvalue weighted by molar-refractivity contribution is -0.144. The summed E-state index contributed by atoms with van der Waals surface area (Å²) in [6, 6.07) is 0.543. The molecule has 0 aromatic heterocycles. The maximum absolute atomic E-state index is 11.4. The summed E-state index contributed by atoms with van der Waals surface area (Å²) < 4.78 is 0. The van der Waals surface area contributed by atoms with E-state index < -0.39 is 11.5 Å². The second-order valence-electron chi connectivity index (χ2n) is 6.72. The summed E-state index contributed by atoms with van der Waals surface area (Å²) in [5.41, 5.74) is 5.14. The topological polar surface area (TPSA) is 69.8 Å². The van der Waals surface area contributed by atoms with Gasteiger partial charge in [0.05, 0.1) is 0 Å². The molecule has 0 radical (unpaired) electrons. The van der Waals surface area contributed by atoms with Crippen LogP contribution in [-0.2, 0) is 4.79 Å². The molecule has 3 unspecified atom stereocenters. The monoisotopic (exact) mass is 283 g/mol. The van der Waals surface area contributed by atoms with Crippen molar-refractivity contribution in [2.45, 2.75) is 50.6 Å². The lowest BCUT2D eigenvalue weighted by Crippen LogP contribution is -2.52. The first-order valence-corrected chi connectivity index (χ1v) is 7.88. The highest BCUT2D eigenvalue weighted by Crippen LogP contribution is 2.36. The molecule has 5 heteroatoms. The molecule has 0 aromatic carbocycles. The first-order chi connectivity index (χ1) is 9.43. The van der Waals surface area contributed by atoms with Crippen LogP contribution in [0.4, 0.5) is 0 Å². The molecule has 2 fully saturated rings. The number of aliphatic carboxylic acids is 1. The third-order valence-corrected chi connectivity index (χ3v) is 5.22. The number of hydrogen-bond acceptors (Lipinski definition) is 4. The molecule has 3 N–H and O–H groups in total. The predicted molar refractivity (Wildman–Crippen MR) is 79.7 cm³/mol. The maximum Gasteiger partial charge on any atom is 0.323 e. The van der Waals surface area contributed by atoms with Gasteiger partial charge in [0.25, 0.3) is 0 Å². The number of nitrogens with two attached hydrogens (primary N) is 1. The molecule has 116 valence electrons. The molecule has 3 atom stereocenters. The van der Waals surface area contributed by atoms with Gasteiger partial charge in [-0.25, -0.2) is 0 Å². The first-order valence-electron chi connectivity index (χ1n) is 7.88. The summed E-state index contributed by atoms with van der Waals surface area (Å²) in [7, 11) is 2.17. The van der Waals surface area contributed by atoms with Gasteiger partial charge >= 0.3 is 5.97 Å². The van der Waals surface area contributed by atoms with Gasteiger partial charge in [0, 0.05) is 12.6 Å². The number of rotatable bonds is 4. The van der Waals surface area contributed by atoms with Gasteiger partial charge in [0.2, 0.25) is 0 Å². The second kappa shape index (κ2) is 6.41. The summed E-state index contributed by atoms with van der Waals surface area (Å²) >= 11 is 0. The van der Waals surface area contributed by atoms with E-state index in [1.165, 1.54) is 6.42 Å². The maximum atomic E-state index is 11.4. The van der Waals surface area contributed by atoms with Crippen LogP contribution < -0.4 is 5.73 Å². The molecule has 2 aliphatic rings. The van der Waals surface area contributed by atoms with Gasteiger partial charge in [0.15, 0.2) is 0 Å². The minimum Gasteiger partial charge on any atom is -0.480 e. The molecule has 0 amide bonds. The Bertz CT molecular complexity index is 350. The molecule has 1 aliphatic heterocycles. The van der Waals surface area contributed by atoms with Gasteiger partial charge in [-0.15, -0.1) is 0 Å². The van der Waals surface area contributed by atoms with Crippen molar-refractivity contribution in [1.29, 1.82) is 0 Å². The number of carboxylic acid groups (broad SMARTS) is 1. The van der Waals surface area contributed by atoms with E-state index in [9.17, 15) is 9.90 Å². The van der Waals surface area contributed by atoms with Crippen molar-refractivity contribution < 1.29 is 9.90 Å². The van der Waals surface area contributed by atoms with Gasteiger partial charge < -0.3 is 15.7 Å². The lowest BCUT2D eigenvalue weighted by atomic mass is 9.85. The number of hydrogen-bond donors (Lipinski definition) is 2. The summed E-state index contributed by atoms with van der Waals surface area (Å²) in [6.07, 6.45) is 4.65. The highest BCUT2D eigenvalue weighted by atomic mass is 16.4. The molecule has 0 bridgehead atoms. The van der Waals surface area contributed by atoms with Crippen molar-refractivity contribution in [1.82, 2.24) is 9.80 Å². The Morgan fingerprint density at radius 2 is 2.15 bits per heavy atom. The third kappa shape index (κ3) is 3.32. The first kappa shape index (κ1) is 15.7. The van der Waals surface area contributed by atoms with Crippen LogP contribution in [-0.4, -0.2) is 65.7 Å². The zero-order valence-corrected chi connectivity index (χ0v) is 12.8. The predicted octanol–water partition coefficient (Wildman–Crippen LogP) is 0.985. The highest BCUT2D eigenvalue weighted by molar-refractivity contribution is 5.79. The van der Waals surface area contributed by atoms with Crippen molar-refractivity contribution in [2.75, 3.05) is 33.2 Å². The Labute approximate surface area is 122 Å². The minimum atomic E-state index is -0.980. The molecule has 1 saturated carbocycles. The fourth-order valence-electron chi connectivity index (χ4n) is 3.86. The van der Waals surface area contributed by atoms with E-state index in [2.05, 4.69) is 23.8 Å². The summed E-state index contributed by atoms with van der Waals surface area (Å²) in [4.78, 5) is 16.3. The normalized spacial score (nSPS) is 37.0. The molecule has 1 aliphatic carbocycles. The van der Waals surface area contributed by atoms with Gasteiger partial charge in [-0.2, -0.15) is 0 Å². The Balaban J connectivity index is 1.89. The van der Waals surface area contributed by atoms with Crippen molar-refractivity contribution in [3.05, 3.63) is 0 Å². The quantitative estimate of drug-likeness (QED) is 0.805. The minimum absolute atomic E-state index is 0.133. The van der Waals surface area contributed by atoms with Gasteiger partial charge in [-0.3, -0.25) is 9.69 Å². The van der Waals surface area contributed by atoms with Crippen LogP contribution in [0.25, 0.3) is 0 Å². The second-order valence-corrected chi connectivity index (χ2v) is 6.72. The third-order valence-electron chi connectivity index (χ3n) is 5.22. The van der Waals surface area contributed by atoms with Gasteiger partial charge in [-0.05, 0) is 65.2 Å². The van der Waals surface area contributed by atoms with E-state index >= 15 is 0 Å². The molecule has 0 spiro atoms. The number of nitrogens with zero attached hydrogens (tertiary/aromatic N) is 2. The Hall–Kier alpha value is -0.650. The van der Waals surface area contributed by atoms with E-state index in [1.807, 2.05) is 0 Å². The molecule has 2 rings (SSSR count). The standard InChI is InChI=1S/C15H29N3O2/c1-12-11-17(2)8-4-9-18(12)10-6-13-5-3-7-15(13,16)14(19)20/h12-13H,3-11,16H2,1-2H3,(H,19,20). The molecule has 20 heavy (non-hydrogen) atoms. The fourth-order valence-corrected chi connectivity index (χ4v) is 3.86. The van der Waals surface area contributed by atoms with Crippen molar-refractivity contribution >= 4 is 5.97 Å². The van der Waals surface area contributed by atoms with E-state index in [0.29, 0.717) is 12.5 Å². The number of likely N-dealkylation sites (N-methyl/N-ethyl adjacent to an activating group) is 1. The Morgan fingerprint density at radius 3 is 2.85 bits per heavy atom. The number of carbonyl (C=O) groups is 1. The van der Waals surface area contributed by atoms with Crippen molar-refractivity contribution in [3.8, 4) is 0 Å². The Kier molecular flexibility index (Phi) is 5.04. The van der Waals surface area contributed by atoms with Crippen molar-refractivity contribution in [2.24, 2.45) is 11.7 Å². The smallest absolute Gasteiger partial charge is 0.323 e. The zero-order chi connectivity index (χ0) is 14.8. The SMILES string of the molecule is CC1CN(C)CCCN1CCC1CCCC1(N)C(=O)O. The van der Waals surface area contributed by atoms with Crippen LogP contribution in [0.3, 0.4) is 0 Å². The lowest BCUT2D eigenvalue weighted by Gasteiger charge is -2.32. The molecule has 1 saturated heterocycles. The molecular weight excluding hydrogens is 254 g/mol. The van der Waals surface area contributed by atoms with Crippen LogP contribution in [0.2, 0.25) is 0 Å². The van der Waals surface area contributed by atoms with E-state index in [4.69, 9.17) is 5.73 Å². The van der Waals surface area contributed by atoms with Crippen LogP contribution >= 0.6 is 0 Å². The van der Waals surface area contributed by atoms with Crippen molar-refractivity contribution in [3.63, 3.8) is 0 Å². The largest absolute Gasteiger partial charge is 0.480 e. The van der Waals surface area contributed by atoms with E-state index in [-0.39, 0.29) is 5.92 Å². The molecular formula is C15H29N3O2. The molecule has 1 heterocycles. The van der Waals surface area contributed by atoms with Crippen LogP contribution in [0.1, 0.15) is 39.0 Å². The van der Waals surface area contributed by atoms with Crippen LogP contribution in [0.15, 0.2) is 0 Å². The summed E-state index contributed by atoms with van der Waals surface area (Å²) in [5.74, 6) is -0.683. The summed E-state index contributed by atoms with van der Waals surface area (Å²) in [5, 5.41) is 9.37. The van der Waals surface area contributed by atoms with Crippen LogP contribution in [0.5, 0.6) is 0 Å². The van der Waals surface area contributed by atoms with Gasteiger partial charge in [0.1, 0.15) is 5.54 Å². The van der Waals surface area contributed by atoms with Crippen LogP contribution in [0, 0.1) is 5.92 Å². The summed E-state index contributed by atoms with van der Waals surface area (Å²) in [6.45, 7) is 6.61. The highest BCUT2D eigenvalue weighted by Gasteiger charge is 2.45. The molecule has 5 nitrogen and oxygen atoms in total. The van der Waals surface area contributed by atoms with Gasteiger partial charge in [-0.1, -0.05) is 6.42 Å². The Morgan fingerprint density at radius 1 is 1.40 bits per heavy atom. The average Bonchev–Trinajstić information content (AvgIpc) is 2.68. The van der Waals surface area contributed by atoms with E-state index in [0.717, 1.165) is 45.4 Å². The zero-order valence-electron chi connectivity index (χ0n) is 12.8. The average molecular weight is 283 g/mol. The molecule has 0 aromatic rings. The van der Waals surface area contributed by atoms with E-state index in [1.54, 1.807) is 0 Å².